The molecule has 7 heteroatoms. The molecule has 144 valence electrons. The normalized spacial score (nSPS) is 11.6. The summed E-state index contributed by atoms with van der Waals surface area (Å²) in [5, 5.41) is 0. The third-order valence-corrected chi connectivity index (χ3v) is 5.79. The van der Waals surface area contributed by atoms with Gasteiger partial charge in [-0.3, -0.25) is 4.79 Å². The van der Waals surface area contributed by atoms with Crippen LogP contribution in [0.25, 0.3) is 10.2 Å². The lowest BCUT2D eigenvalue weighted by Gasteiger charge is -2.03. The fourth-order valence-electron chi connectivity index (χ4n) is 2.71. The molecule has 1 amide bonds. The molecule has 5 nitrogen and oxygen atoms in total. The summed E-state index contributed by atoms with van der Waals surface area (Å²) in [6, 6.07) is 12.7. The minimum absolute atomic E-state index is 0.300. The van der Waals surface area contributed by atoms with Crippen LogP contribution in [0.4, 0.5) is 0 Å². The van der Waals surface area contributed by atoms with Crippen LogP contribution in [0, 0.1) is 0 Å². The van der Waals surface area contributed by atoms with Crippen molar-refractivity contribution in [3.63, 3.8) is 0 Å². The lowest BCUT2D eigenvalue weighted by atomic mass is 10.2. The molecule has 0 fully saturated rings. The Hall–Kier alpha value is -2.64. The van der Waals surface area contributed by atoms with Crippen LogP contribution in [0.3, 0.4) is 0 Å². The number of aromatic nitrogens is 1. The van der Waals surface area contributed by atoms with Crippen molar-refractivity contribution in [1.82, 2.24) is 4.57 Å². The number of ether oxygens (including phenoxy) is 1. The molecular formula is C21H20N2O3S2. The molecule has 0 aliphatic carbocycles. The van der Waals surface area contributed by atoms with Crippen LogP contribution in [0.2, 0.25) is 0 Å². The van der Waals surface area contributed by atoms with E-state index in [-0.39, 0.29) is 11.9 Å². The van der Waals surface area contributed by atoms with Crippen molar-refractivity contribution in [2.45, 2.75) is 18.4 Å². The van der Waals surface area contributed by atoms with Gasteiger partial charge in [-0.25, -0.2) is 4.79 Å². The van der Waals surface area contributed by atoms with E-state index < -0.39 is 0 Å². The Morgan fingerprint density at radius 1 is 1.25 bits per heavy atom. The average molecular weight is 413 g/mol. The second-order valence-corrected chi connectivity index (χ2v) is 7.72. The topological polar surface area (TPSA) is 60.7 Å². The molecule has 0 spiro atoms. The van der Waals surface area contributed by atoms with Crippen LogP contribution in [0.15, 0.2) is 65.0 Å². The molecule has 0 radical (unpaired) electrons. The monoisotopic (exact) mass is 412 g/mol. The van der Waals surface area contributed by atoms with Crippen molar-refractivity contribution in [2.75, 3.05) is 12.9 Å². The molecule has 0 aliphatic heterocycles. The molecule has 0 saturated carbocycles. The zero-order chi connectivity index (χ0) is 20.1. The summed E-state index contributed by atoms with van der Waals surface area (Å²) in [5.41, 5.74) is 1.91. The van der Waals surface area contributed by atoms with Crippen molar-refractivity contribution >= 4 is 45.2 Å². The molecule has 2 aromatic carbocycles. The molecule has 0 bridgehead atoms. The lowest BCUT2D eigenvalue weighted by molar-refractivity contribution is 0.0526. The maximum Gasteiger partial charge on any atom is 0.338 e. The summed E-state index contributed by atoms with van der Waals surface area (Å²) in [6.07, 6.45) is 3.72. The zero-order valence-electron chi connectivity index (χ0n) is 15.7. The highest BCUT2D eigenvalue weighted by molar-refractivity contribution is 7.98. The number of nitrogens with zero attached hydrogens (tertiary/aromatic N) is 2. The number of carbonyl (C=O) groups is 2. The van der Waals surface area contributed by atoms with Gasteiger partial charge < -0.3 is 9.30 Å². The Bertz CT molecular complexity index is 1110. The minimum atomic E-state index is -0.364. The number of benzene rings is 2. The van der Waals surface area contributed by atoms with E-state index in [9.17, 15) is 9.59 Å². The van der Waals surface area contributed by atoms with Crippen molar-refractivity contribution in [3.05, 3.63) is 71.0 Å². The van der Waals surface area contributed by atoms with Gasteiger partial charge in [0.15, 0.2) is 4.80 Å². The van der Waals surface area contributed by atoms with Gasteiger partial charge in [0.05, 0.1) is 22.4 Å². The van der Waals surface area contributed by atoms with Crippen LogP contribution in [0.1, 0.15) is 27.6 Å². The van der Waals surface area contributed by atoms with E-state index in [2.05, 4.69) is 11.6 Å². The molecule has 0 saturated heterocycles. The third-order valence-electron chi connectivity index (χ3n) is 4.02. The van der Waals surface area contributed by atoms with Gasteiger partial charge in [0, 0.05) is 17.0 Å². The van der Waals surface area contributed by atoms with Crippen molar-refractivity contribution in [1.29, 1.82) is 0 Å². The van der Waals surface area contributed by atoms with Gasteiger partial charge in [0.1, 0.15) is 0 Å². The Morgan fingerprint density at radius 2 is 2.07 bits per heavy atom. The lowest BCUT2D eigenvalue weighted by Crippen LogP contribution is -2.16. The van der Waals surface area contributed by atoms with Crippen LogP contribution in [-0.4, -0.2) is 29.3 Å². The second kappa shape index (κ2) is 9.03. The van der Waals surface area contributed by atoms with Gasteiger partial charge in [0.25, 0.3) is 5.91 Å². The van der Waals surface area contributed by atoms with Crippen molar-refractivity contribution < 1.29 is 14.3 Å². The highest BCUT2D eigenvalue weighted by Crippen LogP contribution is 2.21. The van der Waals surface area contributed by atoms with Crippen molar-refractivity contribution in [2.24, 2.45) is 4.99 Å². The van der Waals surface area contributed by atoms with Gasteiger partial charge in [-0.05, 0) is 49.6 Å². The number of amides is 1. The largest absolute Gasteiger partial charge is 0.462 e. The smallest absolute Gasteiger partial charge is 0.338 e. The number of thioether (sulfide) groups is 1. The third kappa shape index (κ3) is 4.26. The molecule has 0 N–H and O–H groups in total. The van der Waals surface area contributed by atoms with Gasteiger partial charge in [-0.1, -0.05) is 23.5 Å². The molecular weight excluding hydrogens is 392 g/mol. The van der Waals surface area contributed by atoms with E-state index in [0.29, 0.717) is 29.1 Å². The molecule has 1 aromatic heterocycles. The van der Waals surface area contributed by atoms with Gasteiger partial charge in [-0.15, -0.1) is 18.3 Å². The van der Waals surface area contributed by atoms with Crippen LogP contribution in [0.5, 0.6) is 0 Å². The fourth-order valence-corrected chi connectivity index (χ4v) is 4.25. The summed E-state index contributed by atoms with van der Waals surface area (Å²) in [4.78, 5) is 30.6. The Morgan fingerprint density at radius 3 is 2.79 bits per heavy atom. The van der Waals surface area contributed by atoms with Crippen LogP contribution >= 0.6 is 23.1 Å². The molecule has 28 heavy (non-hydrogen) atoms. The van der Waals surface area contributed by atoms with E-state index in [4.69, 9.17) is 4.74 Å². The van der Waals surface area contributed by atoms with Crippen LogP contribution in [-0.2, 0) is 11.3 Å². The second-order valence-electron chi connectivity index (χ2n) is 5.84. The van der Waals surface area contributed by atoms with E-state index in [1.54, 1.807) is 43.0 Å². The highest BCUT2D eigenvalue weighted by Gasteiger charge is 2.12. The van der Waals surface area contributed by atoms with E-state index in [1.807, 2.05) is 35.1 Å². The number of rotatable bonds is 6. The van der Waals surface area contributed by atoms with E-state index in [0.717, 1.165) is 15.1 Å². The molecule has 1 heterocycles. The minimum Gasteiger partial charge on any atom is -0.462 e. The molecule has 3 rings (SSSR count). The summed E-state index contributed by atoms with van der Waals surface area (Å²) < 4.78 is 7.84. The number of allylic oxidation sites excluding steroid dienone is 1. The van der Waals surface area contributed by atoms with Crippen molar-refractivity contribution in [3.8, 4) is 0 Å². The summed E-state index contributed by atoms with van der Waals surface area (Å²) in [7, 11) is 0. The average Bonchev–Trinajstić information content (AvgIpc) is 3.04. The zero-order valence-corrected chi connectivity index (χ0v) is 17.3. The molecule has 0 atom stereocenters. The summed E-state index contributed by atoms with van der Waals surface area (Å²) in [6.45, 7) is 6.40. The Kier molecular flexibility index (Phi) is 6.49. The van der Waals surface area contributed by atoms with Gasteiger partial charge in [0.2, 0.25) is 0 Å². The van der Waals surface area contributed by atoms with Crippen LogP contribution < -0.4 is 4.80 Å². The highest BCUT2D eigenvalue weighted by atomic mass is 32.2. The number of fused-ring (bicyclic) bond motifs is 1. The predicted molar refractivity (Wildman–Crippen MR) is 114 cm³/mol. The quantitative estimate of drug-likeness (QED) is 0.339. The Balaban J connectivity index is 2.09. The first-order valence-electron chi connectivity index (χ1n) is 8.72. The maximum atomic E-state index is 12.7. The first kappa shape index (κ1) is 20.1. The molecule has 0 unspecified atom stereocenters. The first-order chi connectivity index (χ1) is 13.6. The van der Waals surface area contributed by atoms with Gasteiger partial charge in [-0.2, -0.15) is 4.99 Å². The standard InChI is InChI=1S/C21H20N2O3S2/c1-4-11-23-17-10-9-15(20(25)26-5-2)13-18(17)28-21(23)22-19(24)14-7-6-8-16(12-14)27-3/h4,6-10,12-13H,1,5,11H2,2-3H3. The summed E-state index contributed by atoms with van der Waals surface area (Å²) in [5.74, 6) is -0.664. The molecule has 3 aromatic rings. The molecule has 0 aliphatic rings. The first-order valence-corrected chi connectivity index (χ1v) is 10.8. The Labute approximate surface area is 171 Å². The SMILES string of the molecule is C=CCn1c(=NC(=O)c2cccc(SC)c2)sc2cc(C(=O)OCC)ccc21. The fraction of sp³-hybridized carbons (Fsp3) is 0.190. The number of esters is 1. The summed E-state index contributed by atoms with van der Waals surface area (Å²) >= 11 is 2.94. The van der Waals surface area contributed by atoms with Gasteiger partial charge >= 0.3 is 5.97 Å². The van der Waals surface area contributed by atoms with E-state index in [1.165, 1.54) is 11.3 Å². The predicted octanol–water partition coefficient (Wildman–Crippen LogP) is 4.53. The van der Waals surface area contributed by atoms with E-state index >= 15 is 0 Å². The number of hydrogen-bond donors (Lipinski definition) is 0. The number of hydrogen-bond acceptors (Lipinski definition) is 5. The number of carbonyl (C=O) groups excluding carboxylic acids is 2. The number of thiazole rings is 1. The maximum absolute atomic E-state index is 12.7.